The van der Waals surface area contributed by atoms with Crippen LogP contribution >= 0.6 is 0 Å². The lowest BCUT2D eigenvalue weighted by Crippen LogP contribution is -2.16. The molecule has 7 nitrogen and oxygen atoms in total. The zero-order chi connectivity index (χ0) is 12.4. The Bertz CT molecular complexity index is 614. The molecule has 88 valence electrons. The quantitative estimate of drug-likeness (QED) is 0.798. The highest BCUT2D eigenvalue weighted by atomic mass is 16.4. The van der Waals surface area contributed by atoms with Crippen molar-refractivity contribution in [2.24, 2.45) is 0 Å². The van der Waals surface area contributed by atoms with Crippen LogP contribution < -0.4 is 5.69 Å². The third-order valence-electron chi connectivity index (χ3n) is 2.23. The first-order chi connectivity index (χ1) is 8.10. The Morgan fingerprint density at radius 3 is 2.94 bits per heavy atom. The van der Waals surface area contributed by atoms with E-state index >= 15 is 0 Å². The number of aromatic amines is 1. The molecule has 0 fully saturated rings. The monoisotopic (exact) mass is 234 g/mol. The molecule has 7 heteroatoms. The van der Waals surface area contributed by atoms with Crippen molar-refractivity contribution in [1.29, 1.82) is 0 Å². The molecule has 0 aliphatic rings. The lowest BCUT2D eigenvalue weighted by molar-refractivity contribution is 0.0690. The molecule has 0 unspecified atom stereocenters. The van der Waals surface area contributed by atoms with E-state index in [1.54, 1.807) is 10.9 Å². The van der Waals surface area contributed by atoms with Crippen LogP contribution in [-0.2, 0) is 6.54 Å². The minimum atomic E-state index is -1.20. The molecule has 2 aromatic heterocycles. The first-order valence-electron chi connectivity index (χ1n) is 4.97. The Hall–Kier alpha value is -2.44. The van der Waals surface area contributed by atoms with Gasteiger partial charge in [0.1, 0.15) is 5.69 Å². The largest absolute Gasteiger partial charge is 0.477 e. The number of carboxylic acid groups (broad SMARTS) is 1. The molecule has 0 saturated heterocycles. The molecule has 0 atom stereocenters. The molecule has 0 aliphatic carbocycles. The number of H-pyrrole nitrogens is 1. The van der Waals surface area contributed by atoms with Gasteiger partial charge in [0, 0.05) is 18.3 Å². The van der Waals surface area contributed by atoms with E-state index in [1.807, 2.05) is 6.92 Å². The summed E-state index contributed by atoms with van der Waals surface area (Å²) in [6.45, 7) is 2.61. The van der Waals surface area contributed by atoms with Crippen LogP contribution in [0.15, 0.2) is 23.3 Å². The number of aromatic carboxylic acids is 1. The maximum Gasteiger partial charge on any atom is 0.352 e. The maximum atomic E-state index is 11.2. The van der Waals surface area contributed by atoms with Crippen molar-refractivity contribution in [3.05, 3.63) is 34.6 Å². The molecule has 0 bridgehead atoms. The van der Waals surface area contributed by atoms with Crippen LogP contribution in [0.2, 0.25) is 0 Å². The first kappa shape index (κ1) is 11.1. The fourth-order valence-electron chi connectivity index (χ4n) is 1.39. The summed E-state index contributed by atoms with van der Waals surface area (Å²) in [5.41, 5.74) is 0.0275. The van der Waals surface area contributed by atoms with Gasteiger partial charge in [-0.1, -0.05) is 0 Å². The van der Waals surface area contributed by atoms with Crippen molar-refractivity contribution < 1.29 is 9.90 Å². The van der Waals surface area contributed by atoms with Crippen LogP contribution in [0, 0.1) is 0 Å². The Kier molecular flexibility index (Phi) is 2.73. The van der Waals surface area contributed by atoms with Crippen molar-refractivity contribution in [2.75, 3.05) is 0 Å². The third kappa shape index (κ3) is 2.22. The highest BCUT2D eigenvalue weighted by Gasteiger charge is 2.10. The summed E-state index contributed by atoms with van der Waals surface area (Å²) in [5.74, 6) is -1.20. The van der Waals surface area contributed by atoms with Gasteiger partial charge >= 0.3 is 11.7 Å². The summed E-state index contributed by atoms with van der Waals surface area (Å²) in [7, 11) is 0. The van der Waals surface area contributed by atoms with Crippen LogP contribution in [0.4, 0.5) is 0 Å². The summed E-state index contributed by atoms with van der Waals surface area (Å²) >= 11 is 0. The Balaban J connectivity index is 2.51. The molecule has 0 aliphatic heterocycles. The van der Waals surface area contributed by atoms with Gasteiger partial charge in [-0.25, -0.2) is 9.59 Å². The second-order valence-corrected chi connectivity index (χ2v) is 3.38. The average molecular weight is 234 g/mol. The number of hydrogen-bond acceptors (Lipinski definition) is 4. The van der Waals surface area contributed by atoms with Crippen molar-refractivity contribution in [3.8, 4) is 11.3 Å². The fraction of sp³-hybridized carbons (Fsp3) is 0.200. The van der Waals surface area contributed by atoms with E-state index in [9.17, 15) is 9.59 Å². The molecular weight excluding hydrogens is 224 g/mol. The van der Waals surface area contributed by atoms with Gasteiger partial charge in [-0.2, -0.15) is 10.1 Å². The topological polar surface area (TPSA) is 101 Å². The van der Waals surface area contributed by atoms with Crippen LogP contribution in [0.1, 0.15) is 17.4 Å². The minimum absolute atomic E-state index is 0.191. The predicted octanol–water partition coefficient (Wildman–Crippen LogP) is 0.351. The lowest BCUT2D eigenvalue weighted by atomic mass is 10.2. The fourth-order valence-corrected chi connectivity index (χ4v) is 1.39. The molecule has 0 amide bonds. The maximum absolute atomic E-state index is 11.2. The summed E-state index contributed by atoms with van der Waals surface area (Å²) in [4.78, 5) is 27.8. The number of nitrogens with one attached hydrogen (secondary N) is 1. The van der Waals surface area contributed by atoms with Gasteiger partial charge in [-0.15, -0.1) is 0 Å². The van der Waals surface area contributed by atoms with E-state index in [0.717, 1.165) is 0 Å². The van der Waals surface area contributed by atoms with Crippen LogP contribution in [0.25, 0.3) is 11.3 Å². The second kappa shape index (κ2) is 4.20. The highest BCUT2D eigenvalue weighted by molar-refractivity contribution is 5.86. The molecule has 2 heterocycles. The van der Waals surface area contributed by atoms with Gasteiger partial charge in [0.15, 0.2) is 0 Å². The molecule has 0 aromatic carbocycles. The number of carboxylic acids is 1. The molecule has 17 heavy (non-hydrogen) atoms. The average Bonchev–Trinajstić information content (AvgIpc) is 2.76. The summed E-state index contributed by atoms with van der Waals surface area (Å²) in [5, 5.41) is 12.8. The Morgan fingerprint density at radius 1 is 1.59 bits per heavy atom. The zero-order valence-corrected chi connectivity index (χ0v) is 9.04. The predicted molar refractivity (Wildman–Crippen MR) is 58.7 cm³/mol. The Labute approximate surface area is 95.7 Å². The van der Waals surface area contributed by atoms with Crippen molar-refractivity contribution in [1.82, 2.24) is 19.7 Å². The third-order valence-corrected chi connectivity index (χ3v) is 2.23. The Morgan fingerprint density at radius 2 is 2.35 bits per heavy atom. The number of hydrogen-bond donors (Lipinski definition) is 2. The van der Waals surface area contributed by atoms with Gasteiger partial charge in [0.05, 0.1) is 11.9 Å². The van der Waals surface area contributed by atoms with Crippen LogP contribution in [0.5, 0.6) is 0 Å². The van der Waals surface area contributed by atoms with E-state index in [4.69, 9.17) is 5.11 Å². The van der Waals surface area contributed by atoms with Crippen LogP contribution in [0.3, 0.4) is 0 Å². The number of nitrogens with zero attached hydrogens (tertiary/aromatic N) is 3. The SMILES string of the molecule is CCn1cc(-c2cc(C(=O)O)[nH]c(=O)n2)cn1. The van der Waals surface area contributed by atoms with Gasteiger partial charge in [0.2, 0.25) is 0 Å². The van der Waals surface area contributed by atoms with E-state index in [0.29, 0.717) is 17.8 Å². The van der Waals surface area contributed by atoms with E-state index in [2.05, 4.69) is 15.1 Å². The minimum Gasteiger partial charge on any atom is -0.477 e. The summed E-state index contributed by atoms with van der Waals surface area (Å²) < 4.78 is 1.67. The number of aryl methyl sites for hydroxylation is 1. The van der Waals surface area contributed by atoms with E-state index in [1.165, 1.54) is 12.3 Å². The van der Waals surface area contributed by atoms with Crippen molar-refractivity contribution in [3.63, 3.8) is 0 Å². The molecule has 0 radical (unpaired) electrons. The highest BCUT2D eigenvalue weighted by Crippen LogP contribution is 2.14. The second-order valence-electron chi connectivity index (χ2n) is 3.38. The van der Waals surface area contributed by atoms with Crippen molar-refractivity contribution >= 4 is 5.97 Å². The van der Waals surface area contributed by atoms with Crippen LogP contribution in [-0.4, -0.2) is 30.8 Å². The first-order valence-corrected chi connectivity index (χ1v) is 4.97. The van der Waals surface area contributed by atoms with E-state index in [-0.39, 0.29) is 5.69 Å². The van der Waals surface area contributed by atoms with E-state index < -0.39 is 11.7 Å². The number of carbonyl (C=O) groups is 1. The van der Waals surface area contributed by atoms with Gasteiger partial charge in [-0.3, -0.25) is 9.67 Å². The summed E-state index contributed by atoms with van der Waals surface area (Å²) in [6, 6.07) is 1.31. The smallest absolute Gasteiger partial charge is 0.352 e. The molecule has 0 saturated carbocycles. The molecule has 2 rings (SSSR count). The van der Waals surface area contributed by atoms with Gasteiger partial charge in [0.25, 0.3) is 0 Å². The number of aromatic nitrogens is 4. The van der Waals surface area contributed by atoms with Gasteiger partial charge in [-0.05, 0) is 13.0 Å². The molecular formula is C10H10N4O3. The van der Waals surface area contributed by atoms with Crippen molar-refractivity contribution in [2.45, 2.75) is 13.5 Å². The number of rotatable bonds is 3. The zero-order valence-electron chi connectivity index (χ0n) is 9.04. The molecule has 2 N–H and O–H groups in total. The molecule has 2 aromatic rings. The standard InChI is InChI=1S/C10H10N4O3/c1-2-14-5-6(4-11-14)7-3-8(9(15)16)13-10(17)12-7/h3-5H,2H2,1H3,(H,15,16)(H,12,13,17). The van der Waals surface area contributed by atoms with Gasteiger partial charge < -0.3 is 5.11 Å². The normalized spacial score (nSPS) is 10.4. The summed E-state index contributed by atoms with van der Waals surface area (Å²) in [6.07, 6.45) is 3.24. The lowest BCUT2D eigenvalue weighted by Gasteiger charge is -1.98. The molecule has 0 spiro atoms.